The molecule has 1 saturated heterocycles. The molecule has 0 saturated carbocycles. The second kappa shape index (κ2) is 6.01. The van der Waals surface area contributed by atoms with Crippen LogP contribution in [-0.4, -0.2) is 49.0 Å². The topological polar surface area (TPSA) is 58.7 Å². The summed E-state index contributed by atoms with van der Waals surface area (Å²) in [5, 5.41) is 9.71. The first-order valence-electron chi connectivity index (χ1n) is 6.84. The molecule has 0 amide bonds. The summed E-state index contributed by atoms with van der Waals surface area (Å²) in [4.78, 5) is 2.21. The molecule has 4 nitrogen and oxygen atoms in total. The van der Waals surface area contributed by atoms with E-state index in [0.29, 0.717) is 12.6 Å². The highest BCUT2D eigenvalue weighted by Gasteiger charge is 2.34. The van der Waals surface area contributed by atoms with Gasteiger partial charge in [0.15, 0.2) is 0 Å². The lowest BCUT2D eigenvalue weighted by molar-refractivity contribution is 0.0657. The zero-order valence-electron chi connectivity index (χ0n) is 11.7. The lowest BCUT2D eigenvalue weighted by Gasteiger charge is -2.36. The van der Waals surface area contributed by atoms with Crippen LogP contribution in [0, 0.1) is 0 Å². The van der Waals surface area contributed by atoms with Crippen LogP contribution in [0.5, 0.6) is 0 Å². The molecule has 1 aliphatic heterocycles. The quantitative estimate of drug-likeness (QED) is 0.831. The lowest BCUT2D eigenvalue weighted by Crippen LogP contribution is -2.52. The summed E-state index contributed by atoms with van der Waals surface area (Å²) in [6.45, 7) is 3.45. The number of nitrogens with two attached hydrogens (primary N) is 1. The molecule has 0 aliphatic carbocycles. The zero-order chi connectivity index (χ0) is 13.9. The summed E-state index contributed by atoms with van der Waals surface area (Å²) in [6, 6.07) is 10.2. The van der Waals surface area contributed by atoms with Crippen molar-refractivity contribution in [1.82, 2.24) is 4.90 Å². The van der Waals surface area contributed by atoms with Crippen molar-refractivity contribution in [3.8, 4) is 0 Å². The summed E-state index contributed by atoms with van der Waals surface area (Å²) in [5.74, 6) is 0. The molecule has 1 heterocycles. The van der Waals surface area contributed by atoms with E-state index in [-0.39, 0.29) is 12.7 Å². The fourth-order valence-electron chi connectivity index (χ4n) is 2.86. The van der Waals surface area contributed by atoms with Crippen molar-refractivity contribution < 1.29 is 9.84 Å². The molecule has 0 aromatic heterocycles. The van der Waals surface area contributed by atoms with Gasteiger partial charge >= 0.3 is 0 Å². The molecule has 19 heavy (non-hydrogen) atoms. The van der Waals surface area contributed by atoms with E-state index < -0.39 is 5.54 Å². The van der Waals surface area contributed by atoms with Gasteiger partial charge in [-0.1, -0.05) is 30.3 Å². The number of likely N-dealkylation sites (N-methyl/N-ethyl adjacent to an activating group) is 1. The van der Waals surface area contributed by atoms with Crippen LogP contribution in [0.2, 0.25) is 0 Å². The molecular formula is C15H24N2O2. The van der Waals surface area contributed by atoms with Gasteiger partial charge in [0.1, 0.15) is 0 Å². The first-order valence-corrected chi connectivity index (χ1v) is 6.84. The van der Waals surface area contributed by atoms with Crippen LogP contribution in [0.3, 0.4) is 0 Å². The highest BCUT2D eigenvalue weighted by atomic mass is 16.5. The smallest absolute Gasteiger partial charge is 0.0772 e. The van der Waals surface area contributed by atoms with E-state index in [1.807, 2.05) is 30.3 Å². The largest absolute Gasteiger partial charge is 0.394 e. The molecule has 3 unspecified atom stereocenters. The van der Waals surface area contributed by atoms with Crippen molar-refractivity contribution in [2.75, 3.05) is 26.8 Å². The molecular weight excluding hydrogens is 240 g/mol. The van der Waals surface area contributed by atoms with Gasteiger partial charge in [0.25, 0.3) is 0 Å². The number of rotatable bonds is 5. The fourth-order valence-corrected chi connectivity index (χ4v) is 2.86. The van der Waals surface area contributed by atoms with E-state index >= 15 is 0 Å². The van der Waals surface area contributed by atoms with E-state index in [2.05, 4.69) is 18.9 Å². The summed E-state index contributed by atoms with van der Waals surface area (Å²) >= 11 is 0. The Bertz CT molecular complexity index is 398. The van der Waals surface area contributed by atoms with Gasteiger partial charge in [0.2, 0.25) is 0 Å². The van der Waals surface area contributed by atoms with Crippen molar-refractivity contribution in [2.45, 2.75) is 31.0 Å². The van der Waals surface area contributed by atoms with E-state index in [1.54, 1.807) is 0 Å². The second-order valence-corrected chi connectivity index (χ2v) is 5.53. The van der Waals surface area contributed by atoms with Crippen LogP contribution in [0.1, 0.15) is 18.9 Å². The van der Waals surface area contributed by atoms with Gasteiger partial charge in [0, 0.05) is 19.2 Å². The maximum Gasteiger partial charge on any atom is 0.0772 e. The Morgan fingerprint density at radius 1 is 1.42 bits per heavy atom. The maximum absolute atomic E-state index is 9.71. The van der Waals surface area contributed by atoms with Gasteiger partial charge < -0.3 is 15.6 Å². The molecule has 106 valence electrons. The van der Waals surface area contributed by atoms with Crippen molar-refractivity contribution in [2.24, 2.45) is 5.73 Å². The minimum Gasteiger partial charge on any atom is -0.394 e. The molecule has 0 spiro atoms. The number of aliphatic hydroxyl groups excluding tert-OH is 1. The average Bonchev–Trinajstić information content (AvgIpc) is 2.86. The Morgan fingerprint density at radius 3 is 2.63 bits per heavy atom. The van der Waals surface area contributed by atoms with Crippen LogP contribution < -0.4 is 5.73 Å². The first kappa shape index (κ1) is 14.5. The summed E-state index contributed by atoms with van der Waals surface area (Å²) in [7, 11) is 2.05. The van der Waals surface area contributed by atoms with Gasteiger partial charge in [-0.3, -0.25) is 4.90 Å². The number of aliphatic hydroxyl groups is 1. The van der Waals surface area contributed by atoms with Crippen LogP contribution in [0.4, 0.5) is 0 Å². The SMILES string of the molecule is CC1OCCC1N(C)CC(N)(CO)c1ccccc1. The number of hydrogen-bond donors (Lipinski definition) is 2. The van der Waals surface area contributed by atoms with E-state index in [1.165, 1.54) is 0 Å². The number of benzene rings is 1. The Kier molecular flexibility index (Phi) is 4.58. The Balaban J connectivity index is 2.10. The highest BCUT2D eigenvalue weighted by molar-refractivity contribution is 5.24. The van der Waals surface area contributed by atoms with Crippen molar-refractivity contribution >= 4 is 0 Å². The summed E-state index contributed by atoms with van der Waals surface area (Å²) in [6.07, 6.45) is 1.25. The van der Waals surface area contributed by atoms with E-state index in [0.717, 1.165) is 18.6 Å². The molecule has 3 atom stereocenters. The fraction of sp³-hybridized carbons (Fsp3) is 0.600. The minimum absolute atomic E-state index is 0.0662. The third-order valence-electron chi connectivity index (χ3n) is 4.06. The number of ether oxygens (including phenoxy) is 1. The lowest BCUT2D eigenvalue weighted by atomic mass is 9.90. The third kappa shape index (κ3) is 3.15. The van der Waals surface area contributed by atoms with Gasteiger partial charge in [0.05, 0.1) is 18.2 Å². The number of hydrogen-bond acceptors (Lipinski definition) is 4. The highest BCUT2D eigenvalue weighted by Crippen LogP contribution is 2.24. The molecule has 0 radical (unpaired) electrons. The van der Waals surface area contributed by atoms with Crippen LogP contribution in [-0.2, 0) is 10.3 Å². The maximum atomic E-state index is 9.71. The van der Waals surface area contributed by atoms with Crippen molar-refractivity contribution in [1.29, 1.82) is 0 Å². The monoisotopic (exact) mass is 264 g/mol. The predicted octanol–water partition coefficient (Wildman–Crippen LogP) is 0.942. The molecule has 3 N–H and O–H groups in total. The molecule has 1 fully saturated rings. The Hall–Kier alpha value is -0.940. The molecule has 0 bridgehead atoms. The predicted molar refractivity (Wildman–Crippen MR) is 75.8 cm³/mol. The Morgan fingerprint density at radius 2 is 2.11 bits per heavy atom. The van der Waals surface area contributed by atoms with Gasteiger partial charge in [-0.25, -0.2) is 0 Å². The van der Waals surface area contributed by atoms with Gasteiger partial charge in [-0.15, -0.1) is 0 Å². The van der Waals surface area contributed by atoms with Crippen LogP contribution >= 0.6 is 0 Å². The van der Waals surface area contributed by atoms with Crippen LogP contribution in [0.25, 0.3) is 0 Å². The molecule has 1 aromatic carbocycles. The van der Waals surface area contributed by atoms with Crippen molar-refractivity contribution in [3.63, 3.8) is 0 Å². The minimum atomic E-state index is -0.724. The second-order valence-electron chi connectivity index (χ2n) is 5.53. The van der Waals surface area contributed by atoms with Crippen LogP contribution in [0.15, 0.2) is 30.3 Å². The van der Waals surface area contributed by atoms with Gasteiger partial charge in [-0.05, 0) is 26.0 Å². The third-order valence-corrected chi connectivity index (χ3v) is 4.06. The molecule has 2 rings (SSSR count). The molecule has 1 aliphatic rings. The Labute approximate surface area is 115 Å². The first-order chi connectivity index (χ1) is 9.07. The standard InChI is InChI=1S/C15H24N2O2/c1-12-14(8-9-19-12)17(2)10-15(16,11-18)13-6-4-3-5-7-13/h3-7,12,14,18H,8-11,16H2,1-2H3. The molecule has 1 aromatic rings. The van der Waals surface area contributed by atoms with E-state index in [4.69, 9.17) is 10.5 Å². The number of nitrogens with zero attached hydrogens (tertiary/aromatic N) is 1. The van der Waals surface area contributed by atoms with Gasteiger partial charge in [-0.2, -0.15) is 0 Å². The molecule has 4 heteroatoms. The average molecular weight is 264 g/mol. The zero-order valence-corrected chi connectivity index (χ0v) is 11.7. The van der Waals surface area contributed by atoms with Crippen molar-refractivity contribution in [3.05, 3.63) is 35.9 Å². The normalized spacial score (nSPS) is 26.6. The van der Waals surface area contributed by atoms with E-state index in [9.17, 15) is 5.11 Å². The summed E-state index contributed by atoms with van der Waals surface area (Å²) < 4.78 is 5.60. The summed E-state index contributed by atoms with van der Waals surface area (Å²) in [5.41, 5.74) is 6.64.